The van der Waals surface area contributed by atoms with Gasteiger partial charge >= 0.3 is 5.97 Å². The molecular formula is C29H38O4. The van der Waals surface area contributed by atoms with E-state index in [9.17, 15) is 9.59 Å². The number of Topliss-reactive ketones (excluding diaryl/α,β-unsaturated/α-hetero) is 1. The number of hydrogen-bond donors (Lipinski definition) is 0. The first-order valence-corrected chi connectivity index (χ1v) is 13.2. The van der Waals surface area contributed by atoms with Gasteiger partial charge in [0, 0.05) is 11.8 Å². The number of ketones is 1. The topological polar surface area (TPSA) is 55.9 Å². The Balaban J connectivity index is 1.16. The first kappa shape index (κ1) is 21.8. The lowest BCUT2D eigenvalue weighted by Crippen LogP contribution is -2.58. The Morgan fingerprint density at radius 3 is 2.64 bits per heavy atom. The fourth-order valence-electron chi connectivity index (χ4n) is 9.45. The fraction of sp³-hybridized carbons (Fsp3) is 0.724. The van der Waals surface area contributed by atoms with Crippen molar-refractivity contribution in [1.82, 2.24) is 0 Å². The van der Waals surface area contributed by atoms with Gasteiger partial charge in [-0.1, -0.05) is 39.0 Å². The summed E-state index contributed by atoms with van der Waals surface area (Å²) in [4.78, 5) is 24.9. The van der Waals surface area contributed by atoms with Crippen molar-refractivity contribution in [2.75, 3.05) is 6.61 Å². The van der Waals surface area contributed by atoms with E-state index in [1.165, 1.54) is 32.1 Å². The minimum atomic E-state index is -0.206. The number of carbonyl (C=O) groups is 2. The highest BCUT2D eigenvalue weighted by Crippen LogP contribution is 2.73. The van der Waals surface area contributed by atoms with Gasteiger partial charge in [-0.25, -0.2) is 4.79 Å². The monoisotopic (exact) mass is 450 g/mol. The normalized spacial score (nSPS) is 46.4. The zero-order valence-corrected chi connectivity index (χ0v) is 20.3. The van der Waals surface area contributed by atoms with Gasteiger partial charge < -0.3 is 9.47 Å². The second-order valence-electron chi connectivity index (χ2n) is 12.4. The zero-order chi connectivity index (χ0) is 23.0. The lowest BCUT2D eigenvalue weighted by molar-refractivity contribution is -0.132. The number of rotatable bonds is 4. The third-order valence-corrected chi connectivity index (χ3v) is 11.2. The molecule has 4 saturated carbocycles. The van der Waals surface area contributed by atoms with Crippen LogP contribution in [0.5, 0.6) is 0 Å². The molecule has 1 saturated heterocycles. The molecule has 1 aromatic carbocycles. The Kier molecular flexibility index (Phi) is 4.90. The largest absolute Gasteiger partial charge is 0.462 e. The number of fused-ring (bicyclic) bond motifs is 4. The first-order valence-electron chi connectivity index (χ1n) is 13.2. The second-order valence-corrected chi connectivity index (χ2v) is 12.4. The number of carbonyl (C=O) groups excluding carboxylic acids is 2. The third kappa shape index (κ3) is 2.98. The van der Waals surface area contributed by atoms with Crippen molar-refractivity contribution in [2.24, 2.45) is 40.4 Å². The standard InChI is InChI=1S/C29H38O4/c1-18(17-32-26(31)19-7-5-4-6-8-19)21-9-10-22-20-11-16-29-25(33-29)24(30)13-15-28(29,3)23(20)12-14-27(21,22)2/h4-8,18,20-23,25H,9-17H2,1-3H3/t18-,20+,21-,22+,23+,25?,27-,28-,29?/m1/s1. The summed E-state index contributed by atoms with van der Waals surface area (Å²) < 4.78 is 12.0. The van der Waals surface area contributed by atoms with E-state index in [2.05, 4.69) is 20.8 Å². The van der Waals surface area contributed by atoms with E-state index in [4.69, 9.17) is 9.47 Å². The molecule has 33 heavy (non-hydrogen) atoms. The van der Waals surface area contributed by atoms with Crippen molar-refractivity contribution in [1.29, 1.82) is 0 Å². The number of esters is 1. The van der Waals surface area contributed by atoms with E-state index in [-0.39, 0.29) is 23.1 Å². The summed E-state index contributed by atoms with van der Waals surface area (Å²) in [6, 6.07) is 9.33. The molecule has 2 unspecified atom stereocenters. The van der Waals surface area contributed by atoms with Crippen molar-refractivity contribution in [3.63, 3.8) is 0 Å². The molecule has 5 aliphatic rings. The Morgan fingerprint density at radius 1 is 1.06 bits per heavy atom. The Morgan fingerprint density at radius 2 is 1.85 bits per heavy atom. The van der Waals surface area contributed by atoms with Crippen LogP contribution >= 0.6 is 0 Å². The summed E-state index contributed by atoms with van der Waals surface area (Å²) >= 11 is 0. The zero-order valence-electron chi connectivity index (χ0n) is 20.3. The minimum Gasteiger partial charge on any atom is -0.462 e. The SMILES string of the molecule is C[C@H](COC(=O)c1ccccc1)[C@H]1CC[C@H]2[C@@H]3CCC45OC4C(=O)CC[C@]5(C)[C@H]3CC[C@]12C. The predicted octanol–water partition coefficient (Wildman–Crippen LogP) is 5.84. The third-order valence-electron chi connectivity index (χ3n) is 11.2. The van der Waals surface area contributed by atoms with Crippen LogP contribution in [0.15, 0.2) is 30.3 Å². The van der Waals surface area contributed by atoms with E-state index < -0.39 is 0 Å². The number of hydrogen-bond acceptors (Lipinski definition) is 4. The summed E-state index contributed by atoms with van der Waals surface area (Å²) in [6.07, 6.45) is 8.97. The van der Waals surface area contributed by atoms with Gasteiger partial charge in [-0.15, -0.1) is 0 Å². The lowest BCUT2D eigenvalue weighted by Gasteiger charge is -2.59. The summed E-state index contributed by atoms with van der Waals surface area (Å²) in [5.41, 5.74) is 1.00. The van der Waals surface area contributed by atoms with Gasteiger partial charge in [-0.2, -0.15) is 0 Å². The Hall–Kier alpha value is -1.68. The molecule has 0 amide bonds. The molecule has 4 heteroatoms. The molecule has 1 heterocycles. The van der Waals surface area contributed by atoms with Crippen LogP contribution in [0.3, 0.4) is 0 Å². The van der Waals surface area contributed by atoms with Crippen LogP contribution in [-0.4, -0.2) is 30.1 Å². The van der Waals surface area contributed by atoms with Crippen LogP contribution in [0, 0.1) is 40.4 Å². The van der Waals surface area contributed by atoms with Crippen molar-refractivity contribution in [2.45, 2.75) is 83.8 Å². The molecule has 1 aromatic rings. The van der Waals surface area contributed by atoms with E-state index in [1.54, 1.807) is 0 Å². The first-order chi connectivity index (χ1) is 15.8. The molecule has 0 aromatic heterocycles. The molecule has 5 fully saturated rings. The maximum Gasteiger partial charge on any atom is 0.338 e. The van der Waals surface area contributed by atoms with Crippen LogP contribution in [0.4, 0.5) is 0 Å². The van der Waals surface area contributed by atoms with Gasteiger partial charge in [0.2, 0.25) is 0 Å². The molecule has 0 N–H and O–H groups in total. The quantitative estimate of drug-likeness (QED) is 0.427. The molecule has 9 atom stereocenters. The maximum atomic E-state index is 12.5. The lowest BCUT2D eigenvalue weighted by atomic mass is 9.44. The minimum absolute atomic E-state index is 0.0961. The smallest absolute Gasteiger partial charge is 0.338 e. The Labute approximate surface area is 197 Å². The van der Waals surface area contributed by atoms with Crippen LogP contribution in [0.25, 0.3) is 0 Å². The molecule has 1 spiro atoms. The van der Waals surface area contributed by atoms with Gasteiger partial charge in [-0.3, -0.25) is 4.79 Å². The van der Waals surface area contributed by atoms with Crippen molar-refractivity contribution >= 4 is 11.8 Å². The van der Waals surface area contributed by atoms with Gasteiger partial charge in [0.1, 0.15) is 11.7 Å². The van der Waals surface area contributed by atoms with Crippen LogP contribution in [0.1, 0.15) is 82.5 Å². The molecule has 4 aliphatic carbocycles. The molecule has 0 radical (unpaired) electrons. The van der Waals surface area contributed by atoms with Crippen molar-refractivity contribution in [3.8, 4) is 0 Å². The van der Waals surface area contributed by atoms with Crippen molar-refractivity contribution < 1.29 is 19.1 Å². The number of benzene rings is 1. The average molecular weight is 451 g/mol. The van der Waals surface area contributed by atoms with Gasteiger partial charge in [0.15, 0.2) is 5.78 Å². The average Bonchev–Trinajstić information content (AvgIpc) is 3.47. The van der Waals surface area contributed by atoms with E-state index in [1.807, 2.05) is 30.3 Å². The van der Waals surface area contributed by atoms with Crippen LogP contribution in [-0.2, 0) is 14.3 Å². The predicted molar refractivity (Wildman–Crippen MR) is 126 cm³/mol. The summed E-state index contributed by atoms with van der Waals surface area (Å²) in [5, 5.41) is 0. The molecule has 178 valence electrons. The van der Waals surface area contributed by atoms with Crippen LogP contribution < -0.4 is 0 Å². The second kappa shape index (κ2) is 7.41. The fourth-order valence-corrected chi connectivity index (χ4v) is 9.45. The van der Waals surface area contributed by atoms with Gasteiger partial charge in [-0.05, 0) is 92.1 Å². The van der Waals surface area contributed by atoms with Crippen molar-refractivity contribution in [3.05, 3.63) is 35.9 Å². The molecule has 4 nitrogen and oxygen atoms in total. The summed E-state index contributed by atoms with van der Waals surface area (Å²) in [5.74, 6) is 3.31. The molecule has 6 rings (SSSR count). The van der Waals surface area contributed by atoms with Gasteiger partial charge in [0.25, 0.3) is 0 Å². The highest BCUT2D eigenvalue weighted by atomic mass is 16.6. The molecule has 1 aliphatic heterocycles. The number of epoxide rings is 1. The van der Waals surface area contributed by atoms with E-state index >= 15 is 0 Å². The summed E-state index contributed by atoms with van der Waals surface area (Å²) in [6.45, 7) is 7.79. The maximum absolute atomic E-state index is 12.5. The van der Waals surface area contributed by atoms with Crippen LogP contribution in [0.2, 0.25) is 0 Å². The Bertz CT molecular complexity index is 958. The summed E-state index contributed by atoms with van der Waals surface area (Å²) in [7, 11) is 0. The highest BCUT2D eigenvalue weighted by molar-refractivity contribution is 5.89. The number of ether oxygens (including phenoxy) is 2. The van der Waals surface area contributed by atoms with E-state index in [0.29, 0.717) is 47.5 Å². The van der Waals surface area contributed by atoms with Gasteiger partial charge in [0.05, 0.1) is 12.2 Å². The van der Waals surface area contributed by atoms with E-state index in [0.717, 1.165) is 24.7 Å². The highest BCUT2D eigenvalue weighted by Gasteiger charge is 2.76. The molecule has 0 bridgehead atoms. The molecular weight excluding hydrogens is 412 g/mol.